The highest BCUT2D eigenvalue weighted by Crippen LogP contribution is 2.21. The highest BCUT2D eigenvalue weighted by atomic mass is 16.5. The number of hydrogen-bond acceptors (Lipinski definition) is 3. The normalized spacial score (nSPS) is 14.3. The highest BCUT2D eigenvalue weighted by Gasteiger charge is 2.21. The maximum atomic E-state index is 11.8. The zero-order valence-electron chi connectivity index (χ0n) is 16.6. The Morgan fingerprint density at radius 3 is 2.50 bits per heavy atom. The van der Waals surface area contributed by atoms with Crippen molar-refractivity contribution in [3.8, 4) is 5.75 Å². The third kappa shape index (κ3) is 5.25. The van der Waals surface area contributed by atoms with E-state index < -0.39 is 0 Å². The number of nitrogens with one attached hydrogen (secondary N) is 2. The Balaban J connectivity index is 1.50. The van der Waals surface area contributed by atoms with Crippen molar-refractivity contribution in [2.45, 2.75) is 32.9 Å². The Morgan fingerprint density at radius 1 is 1.11 bits per heavy atom. The van der Waals surface area contributed by atoms with Crippen molar-refractivity contribution in [2.24, 2.45) is 4.99 Å². The molecule has 0 spiro atoms. The Morgan fingerprint density at radius 2 is 1.86 bits per heavy atom. The van der Waals surface area contributed by atoms with Crippen LogP contribution in [0.1, 0.15) is 30.9 Å². The zero-order chi connectivity index (χ0) is 19.8. The van der Waals surface area contributed by atoms with Gasteiger partial charge in [-0.2, -0.15) is 0 Å². The molecular formula is C22H28N4O2. The van der Waals surface area contributed by atoms with Crippen molar-refractivity contribution in [3.05, 3.63) is 59.7 Å². The molecule has 2 aromatic carbocycles. The molecule has 1 saturated heterocycles. The predicted molar refractivity (Wildman–Crippen MR) is 113 cm³/mol. The fourth-order valence-corrected chi connectivity index (χ4v) is 3.22. The highest BCUT2D eigenvalue weighted by molar-refractivity contribution is 5.95. The third-order valence-electron chi connectivity index (χ3n) is 4.67. The minimum Gasteiger partial charge on any atom is -0.494 e. The number of ether oxygens (including phenoxy) is 1. The molecule has 6 nitrogen and oxygen atoms in total. The van der Waals surface area contributed by atoms with E-state index >= 15 is 0 Å². The summed E-state index contributed by atoms with van der Waals surface area (Å²) < 4.78 is 5.54. The number of anilines is 1. The van der Waals surface area contributed by atoms with Crippen molar-refractivity contribution < 1.29 is 9.53 Å². The van der Waals surface area contributed by atoms with Gasteiger partial charge in [0.2, 0.25) is 5.91 Å². The molecule has 1 aliphatic rings. The van der Waals surface area contributed by atoms with E-state index in [9.17, 15) is 4.79 Å². The monoisotopic (exact) mass is 380 g/mol. The van der Waals surface area contributed by atoms with Crippen LogP contribution in [0.5, 0.6) is 5.75 Å². The lowest BCUT2D eigenvalue weighted by atomic mass is 10.2. The van der Waals surface area contributed by atoms with Crippen molar-refractivity contribution in [1.29, 1.82) is 0 Å². The molecular weight excluding hydrogens is 352 g/mol. The number of benzene rings is 2. The predicted octanol–water partition coefficient (Wildman–Crippen LogP) is 3.08. The van der Waals surface area contributed by atoms with Crippen LogP contribution in [0.2, 0.25) is 0 Å². The first-order valence-corrected chi connectivity index (χ1v) is 9.75. The van der Waals surface area contributed by atoms with Crippen LogP contribution in [0.15, 0.2) is 53.5 Å². The first-order valence-electron chi connectivity index (χ1n) is 9.75. The van der Waals surface area contributed by atoms with E-state index in [4.69, 9.17) is 4.74 Å². The summed E-state index contributed by atoms with van der Waals surface area (Å²) in [5.41, 5.74) is 3.24. The summed E-state index contributed by atoms with van der Waals surface area (Å²) >= 11 is 0. The van der Waals surface area contributed by atoms with Crippen molar-refractivity contribution >= 4 is 17.6 Å². The van der Waals surface area contributed by atoms with Crippen LogP contribution in [0.4, 0.5) is 5.69 Å². The minimum atomic E-state index is 0.212. The number of carbonyl (C=O) groups is 1. The Bertz CT molecular complexity index is 818. The first-order chi connectivity index (χ1) is 13.7. The van der Waals surface area contributed by atoms with Crippen molar-refractivity contribution in [1.82, 2.24) is 10.6 Å². The van der Waals surface area contributed by atoms with Crippen LogP contribution in [0.3, 0.4) is 0 Å². The molecule has 2 aromatic rings. The van der Waals surface area contributed by atoms with Gasteiger partial charge in [-0.15, -0.1) is 0 Å². The summed E-state index contributed by atoms with van der Waals surface area (Å²) in [6.07, 6.45) is 1.59. The quantitative estimate of drug-likeness (QED) is 0.572. The SMILES string of the molecule is CCOc1cccc(CNC(=NC)NCc2ccc(N3CCCC3=O)cc2)c1. The number of nitrogens with zero attached hydrogens (tertiary/aromatic N) is 2. The van der Waals surface area contributed by atoms with Gasteiger partial charge in [-0.25, -0.2) is 0 Å². The van der Waals surface area contributed by atoms with Gasteiger partial charge in [0.05, 0.1) is 6.61 Å². The molecule has 1 aliphatic heterocycles. The molecule has 0 atom stereocenters. The van der Waals surface area contributed by atoms with Gasteiger partial charge in [-0.1, -0.05) is 24.3 Å². The fraction of sp³-hybridized carbons (Fsp3) is 0.364. The summed E-state index contributed by atoms with van der Waals surface area (Å²) in [4.78, 5) is 18.0. The lowest BCUT2D eigenvalue weighted by Gasteiger charge is -2.16. The van der Waals surface area contributed by atoms with E-state index in [1.807, 2.05) is 54.3 Å². The number of guanidine groups is 1. The molecule has 0 radical (unpaired) electrons. The van der Waals surface area contributed by atoms with E-state index in [1.54, 1.807) is 7.05 Å². The second kappa shape index (κ2) is 9.78. The standard InChI is InChI=1S/C22H28N4O2/c1-3-28-20-7-4-6-18(14-20)16-25-22(23-2)24-15-17-9-11-19(12-10-17)26-13-5-8-21(26)27/h4,6-7,9-12,14H,3,5,8,13,15-16H2,1-2H3,(H2,23,24,25). The van der Waals surface area contributed by atoms with Crippen LogP contribution in [-0.2, 0) is 17.9 Å². The molecule has 1 heterocycles. The molecule has 0 aliphatic carbocycles. The summed E-state index contributed by atoms with van der Waals surface area (Å²) in [7, 11) is 1.76. The first kappa shape index (κ1) is 19.7. The van der Waals surface area contributed by atoms with Crippen LogP contribution in [-0.4, -0.2) is 32.1 Å². The van der Waals surface area contributed by atoms with E-state index in [0.717, 1.165) is 41.5 Å². The Labute approximate surface area is 166 Å². The lowest BCUT2D eigenvalue weighted by Crippen LogP contribution is -2.36. The summed E-state index contributed by atoms with van der Waals surface area (Å²) in [5.74, 6) is 1.82. The molecule has 3 rings (SSSR count). The Kier molecular flexibility index (Phi) is 6.89. The molecule has 0 unspecified atom stereocenters. The second-order valence-corrected chi connectivity index (χ2v) is 6.68. The van der Waals surface area contributed by atoms with Gasteiger partial charge < -0.3 is 20.3 Å². The molecule has 1 amide bonds. The number of hydrogen-bond donors (Lipinski definition) is 2. The van der Waals surface area contributed by atoms with Gasteiger partial charge in [0, 0.05) is 38.8 Å². The molecule has 0 saturated carbocycles. The molecule has 28 heavy (non-hydrogen) atoms. The van der Waals surface area contributed by atoms with Gasteiger partial charge in [-0.3, -0.25) is 9.79 Å². The Hall–Kier alpha value is -3.02. The smallest absolute Gasteiger partial charge is 0.227 e. The zero-order valence-corrected chi connectivity index (χ0v) is 16.6. The van der Waals surface area contributed by atoms with E-state index in [1.165, 1.54) is 0 Å². The molecule has 2 N–H and O–H groups in total. The van der Waals surface area contributed by atoms with Gasteiger partial charge in [0.15, 0.2) is 5.96 Å². The number of amides is 1. The number of aliphatic imine (C=N–C) groups is 1. The third-order valence-corrected chi connectivity index (χ3v) is 4.67. The van der Waals surface area contributed by atoms with Gasteiger partial charge in [0.25, 0.3) is 0 Å². The molecule has 1 fully saturated rings. The molecule has 0 bridgehead atoms. The molecule has 148 valence electrons. The van der Waals surface area contributed by atoms with Crippen LogP contribution < -0.4 is 20.3 Å². The van der Waals surface area contributed by atoms with E-state index in [2.05, 4.69) is 21.7 Å². The summed E-state index contributed by atoms with van der Waals surface area (Å²) in [6, 6.07) is 16.2. The van der Waals surface area contributed by atoms with E-state index in [-0.39, 0.29) is 5.91 Å². The summed E-state index contributed by atoms with van der Waals surface area (Å²) in [5, 5.41) is 6.64. The average molecular weight is 380 g/mol. The fourth-order valence-electron chi connectivity index (χ4n) is 3.22. The van der Waals surface area contributed by atoms with Crippen molar-refractivity contribution in [3.63, 3.8) is 0 Å². The maximum Gasteiger partial charge on any atom is 0.227 e. The molecule has 6 heteroatoms. The second-order valence-electron chi connectivity index (χ2n) is 6.68. The summed E-state index contributed by atoms with van der Waals surface area (Å²) in [6.45, 7) is 4.78. The van der Waals surface area contributed by atoms with Crippen LogP contribution >= 0.6 is 0 Å². The minimum absolute atomic E-state index is 0.212. The molecule has 0 aromatic heterocycles. The number of carbonyl (C=O) groups excluding carboxylic acids is 1. The van der Waals surface area contributed by atoms with Crippen LogP contribution in [0.25, 0.3) is 0 Å². The van der Waals surface area contributed by atoms with Gasteiger partial charge >= 0.3 is 0 Å². The maximum absolute atomic E-state index is 11.8. The van der Waals surface area contributed by atoms with Gasteiger partial charge in [0.1, 0.15) is 5.75 Å². The average Bonchev–Trinajstić information content (AvgIpc) is 3.15. The van der Waals surface area contributed by atoms with Crippen molar-refractivity contribution in [2.75, 3.05) is 25.1 Å². The lowest BCUT2D eigenvalue weighted by molar-refractivity contribution is -0.117. The topological polar surface area (TPSA) is 66.0 Å². The number of rotatable bonds is 7. The van der Waals surface area contributed by atoms with E-state index in [0.29, 0.717) is 26.1 Å². The van der Waals surface area contributed by atoms with Gasteiger partial charge in [-0.05, 0) is 48.7 Å². The largest absolute Gasteiger partial charge is 0.494 e. The van der Waals surface area contributed by atoms with Crippen LogP contribution in [0, 0.1) is 0 Å².